The zero-order valence-corrected chi connectivity index (χ0v) is 12.8. The first kappa shape index (κ1) is 15.8. The average molecular weight is 292 g/mol. The summed E-state index contributed by atoms with van der Waals surface area (Å²) in [5, 5.41) is 21.0. The lowest BCUT2D eigenvalue weighted by molar-refractivity contribution is -0.384. The quantitative estimate of drug-likeness (QED) is 0.520. The van der Waals surface area contributed by atoms with Crippen molar-refractivity contribution in [3.05, 3.63) is 33.9 Å². The number of hydrogen-bond donors (Lipinski definition) is 1. The maximum Gasteiger partial charge on any atom is 0.292 e. The summed E-state index contributed by atoms with van der Waals surface area (Å²) in [4.78, 5) is 13.0. The second-order valence-electron chi connectivity index (χ2n) is 5.94. The Labute approximate surface area is 125 Å². The molecule has 1 aliphatic carbocycles. The predicted molar refractivity (Wildman–Crippen MR) is 83.6 cm³/mol. The maximum atomic E-state index is 11.3. The Bertz CT molecular complexity index is 494. The van der Waals surface area contributed by atoms with Gasteiger partial charge in [-0.1, -0.05) is 31.7 Å². The monoisotopic (exact) mass is 292 g/mol. The van der Waals surface area contributed by atoms with Crippen LogP contribution in [0.2, 0.25) is 0 Å². The van der Waals surface area contributed by atoms with E-state index in [2.05, 4.69) is 4.90 Å². The Morgan fingerprint density at radius 2 is 1.90 bits per heavy atom. The molecule has 1 aromatic rings. The molecule has 0 unspecified atom stereocenters. The molecule has 0 spiro atoms. The van der Waals surface area contributed by atoms with Gasteiger partial charge in [-0.25, -0.2) is 0 Å². The first-order valence-electron chi connectivity index (χ1n) is 7.70. The van der Waals surface area contributed by atoms with Gasteiger partial charge in [-0.15, -0.1) is 0 Å². The largest absolute Gasteiger partial charge is 0.389 e. The lowest BCUT2D eigenvalue weighted by Gasteiger charge is -2.29. The number of aliphatic hydroxyl groups is 1. The van der Waals surface area contributed by atoms with Gasteiger partial charge in [0.2, 0.25) is 0 Å². The smallest absolute Gasteiger partial charge is 0.292 e. The van der Waals surface area contributed by atoms with E-state index in [4.69, 9.17) is 0 Å². The number of hydrogen-bond acceptors (Lipinski definition) is 4. The molecular weight excluding hydrogens is 268 g/mol. The van der Waals surface area contributed by atoms with Gasteiger partial charge < -0.3 is 10.0 Å². The molecule has 0 aromatic heterocycles. The van der Waals surface area contributed by atoms with Gasteiger partial charge in [0.15, 0.2) is 0 Å². The van der Waals surface area contributed by atoms with Crippen molar-refractivity contribution >= 4 is 11.4 Å². The highest BCUT2D eigenvalue weighted by atomic mass is 16.6. The first-order chi connectivity index (χ1) is 10.0. The summed E-state index contributed by atoms with van der Waals surface area (Å²) < 4.78 is 0. The third-order valence-electron chi connectivity index (χ3n) is 4.43. The van der Waals surface area contributed by atoms with Crippen LogP contribution in [-0.2, 0) is 0 Å². The molecule has 116 valence electrons. The number of nitro groups is 1. The zero-order valence-electron chi connectivity index (χ0n) is 12.8. The van der Waals surface area contributed by atoms with Gasteiger partial charge in [0.1, 0.15) is 5.69 Å². The molecule has 1 saturated carbocycles. The van der Waals surface area contributed by atoms with Crippen molar-refractivity contribution < 1.29 is 10.0 Å². The van der Waals surface area contributed by atoms with Crippen LogP contribution in [0, 0.1) is 10.1 Å². The fourth-order valence-electron chi connectivity index (χ4n) is 3.09. The van der Waals surface area contributed by atoms with E-state index in [-0.39, 0.29) is 10.6 Å². The van der Waals surface area contributed by atoms with E-state index in [1.165, 1.54) is 31.7 Å². The van der Waals surface area contributed by atoms with Crippen LogP contribution in [0.5, 0.6) is 0 Å². The summed E-state index contributed by atoms with van der Waals surface area (Å²) in [5.41, 5.74) is 1.32. The van der Waals surface area contributed by atoms with Gasteiger partial charge >= 0.3 is 0 Å². The standard InChI is InChI=1S/C16H24N2O3/c1-12(19)13-9-10-15(16(11-13)18(20)21)17(2)14-7-5-3-4-6-8-14/h9-12,14,19H,3-8H2,1-2H3/t12-/m0/s1. The minimum atomic E-state index is -0.694. The van der Waals surface area contributed by atoms with Crippen LogP contribution in [0.1, 0.15) is 57.1 Å². The number of aliphatic hydroxyl groups excluding tert-OH is 1. The average Bonchev–Trinajstić information content (AvgIpc) is 2.74. The summed E-state index contributed by atoms with van der Waals surface area (Å²) in [5.74, 6) is 0. The number of benzene rings is 1. The van der Waals surface area contributed by atoms with Crippen LogP contribution in [0.15, 0.2) is 18.2 Å². The first-order valence-corrected chi connectivity index (χ1v) is 7.70. The molecule has 5 heteroatoms. The number of rotatable bonds is 4. The van der Waals surface area contributed by atoms with Crippen LogP contribution in [0.3, 0.4) is 0 Å². The predicted octanol–water partition coefficient (Wildman–Crippen LogP) is 3.81. The third kappa shape index (κ3) is 3.73. The van der Waals surface area contributed by atoms with Crippen molar-refractivity contribution in [2.24, 2.45) is 0 Å². The van der Waals surface area contributed by atoms with E-state index in [0.717, 1.165) is 12.8 Å². The van der Waals surface area contributed by atoms with E-state index in [1.807, 2.05) is 7.05 Å². The van der Waals surface area contributed by atoms with Crippen molar-refractivity contribution in [3.8, 4) is 0 Å². The van der Waals surface area contributed by atoms with Crippen molar-refractivity contribution in [3.63, 3.8) is 0 Å². The lowest BCUT2D eigenvalue weighted by Crippen LogP contribution is -2.31. The fraction of sp³-hybridized carbons (Fsp3) is 0.625. The van der Waals surface area contributed by atoms with Crippen LogP contribution in [0.25, 0.3) is 0 Å². The minimum absolute atomic E-state index is 0.0835. The molecule has 0 heterocycles. The number of nitrogens with zero attached hydrogens (tertiary/aromatic N) is 2. The Balaban J connectivity index is 2.30. The lowest BCUT2D eigenvalue weighted by atomic mass is 10.0. The molecule has 1 atom stereocenters. The molecule has 0 bridgehead atoms. The van der Waals surface area contributed by atoms with E-state index in [1.54, 1.807) is 19.1 Å². The van der Waals surface area contributed by atoms with Crippen molar-refractivity contribution in [2.75, 3.05) is 11.9 Å². The van der Waals surface area contributed by atoms with E-state index < -0.39 is 6.10 Å². The molecule has 21 heavy (non-hydrogen) atoms. The Morgan fingerprint density at radius 1 is 1.29 bits per heavy atom. The minimum Gasteiger partial charge on any atom is -0.389 e. The van der Waals surface area contributed by atoms with Gasteiger partial charge in [-0.05, 0) is 31.4 Å². The maximum absolute atomic E-state index is 11.3. The molecule has 0 saturated heterocycles. The van der Waals surface area contributed by atoms with Crippen molar-refractivity contribution in [2.45, 2.75) is 57.6 Å². The zero-order chi connectivity index (χ0) is 15.4. The highest BCUT2D eigenvalue weighted by Gasteiger charge is 2.24. The highest BCUT2D eigenvalue weighted by Crippen LogP contribution is 2.34. The molecule has 0 amide bonds. The molecule has 0 aliphatic heterocycles. The van der Waals surface area contributed by atoms with Crippen molar-refractivity contribution in [1.29, 1.82) is 0 Å². The summed E-state index contributed by atoms with van der Waals surface area (Å²) in [6, 6.07) is 5.40. The Hall–Kier alpha value is -1.62. The van der Waals surface area contributed by atoms with E-state index in [0.29, 0.717) is 17.3 Å². The highest BCUT2D eigenvalue weighted by molar-refractivity contribution is 5.64. The summed E-state index contributed by atoms with van der Waals surface area (Å²) in [6.07, 6.45) is 6.38. The molecule has 5 nitrogen and oxygen atoms in total. The van der Waals surface area contributed by atoms with E-state index in [9.17, 15) is 15.2 Å². The van der Waals surface area contributed by atoms with Gasteiger partial charge in [0, 0.05) is 19.2 Å². The molecule has 2 rings (SSSR count). The normalized spacial score (nSPS) is 18.0. The van der Waals surface area contributed by atoms with Gasteiger partial charge in [0.25, 0.3) is 5.69 Å². The Morgan fingerprint density at radius 3 is 2.43 bits per heavy atom. The second kappa shape index (κ2) is 6.89. The molecule has 0 radical (unpaired) electrons. The SMILES string of the molecule is C[C@H](O)c1ccc(N(C)C2CCCCCC2)c([N+](=O)[O-])c1. The second-order valence-corrected chi connectivity index (χ2v) is 5.94. The summed E-state index contributed by atoms with van der Waals surface area (Å²) in [7, 11) is 1.94. The van der Waals surface area contributed by atoms with Gasteiger partial charge in [0.05, 0.1) is 11.0 Å². The Kier molecular flexibility index (Phi) is 5.17. The van der Waals surface area contributed by atoms with Gasteiger partial charge in [-0.3, -0.25) is 10.1 Å². The molecule has 1 N–H and O–H groups in total. The molecular formula is C16H24N2O3. The third-order valence-corrected chi connectivity index (χ3v) is 4.43. The van der Waals surface area contributed by atoms with Crippen molar-refractivity contribution in [1.82, 2.24) is 0 Å². The number of anilines is 1. The van der Waals surface area contributed by atoms with Crippen LogP contribution >= 0.6 is 0 Å². The van der Waals surface area contributed by atoms with E-state index >= 15 is 0 Å². The van der Waals surface area contributed by atoms with Crippen LogP contribution < -0.4 is 4.90 Å². The molecule has 1 fully saturated rings. The fourth-order valence-corrected chi connectivity index (χ4v) is 3.09. The number of nitro benzene ring substituents is 1. The topological polar surface area (TPSA) is 66.6 Å². The summed E-state index contributed by atoms with van der Waals surface area (Å²) in [6.45, 7) is 1.62. The molecule has 1 aliphatic rings. The van der Waals surface area contributed by atoms with Crippen LogP contribution in [-0.4, -0.2) is 23.1 Å². The summed E-state index contributed by atoms with van der Waals surface area (Å²) >= 11 is 0. The van der Waals surface area contributed by atoms with Crippen LogP contribution in [0.4, 0.5) is 11.4 Å². The molecule has 1 aromatic carbocycles. The van der Waals surface area contributed by atoms with Gasteiger partial charge in [-0.2, -0.15) is 0 Å².